The molecule has 10 heteroatoms. The van der Waals surface area contributed by atoms with Gasteiger partial charge in [-0.05, 0) is 12.8 Å². The summed E-state index contributed by atoms with van der Waals surface area (Å²) in [6, 6.07) is 0. The lowest BCUT2D eigenvalue weighted by atomic mass is 10.1. The summed E-state index contributed by atoms with van der Waals surface area (Å²) in [6.07, 6.45) is 3.07. The molecule has 2 heterocycles. The van der Waals surface area contributed by atoms with Crippen LogP contribution in [0, 0.1) is 0 Å². The van der Waals surface area contributed by atoms with Gasteiger partial charge in [-0.2, -0.15) is 0 Å². The van der Waals surface area contributed by atoms with Crippen LogP contribution in [0.1, 0.15) is 25.7 Å². The van der Waals surface area contributed by atoms with Gasteiger partial charge in [0.05, 0.1) is 38.3 Å². The van der Waals surface area contributed by atoms with E-state index in [-0.39, 0.29) is 23.4 Å². The Kier molecular flexibility index (Phi) is 8.46. The summed E-state index contributed by atoms with van der Waals surface area (Å²) >= 11 is 0. The first kappa shape index (κ1) is 21.3. The Hall–Kier alpha value is -2.72. The molecule has 2 unspecified atom stereocenters. The Balaban J connectivity index is 0.000000260. The van der Waals surface area contributed by atoms with Gasteiger partial charge in [-0.15, -0.1) is 0 Å². The highest BCUT2D eigenvalue weighted by atomic mass is 16.6. The van der Waals surface area contributed by atoms with Crippen LogP contribution in [0.5, 0.6) is 0 Å². The molecule has 0 aromatic rings. The van der Waals surface area contributed by atoms with Crippen molar-refractivity contribution in [1.29, 1.82) is 0 Å². The predicted octanol–water partition coefficient (Wildman–Crippen LogP) is 0.522. The van der Waals surface area contributed by atoms with E-state index in [1.807, 2.05) is 0 Å². The fourth-order valence-electron chi connectivity index (χ4n) is 1.75. The molecular formula is C16H20O10. The highest BCUT2D eigenvalue weighted by molar-refractivity contribution is 5.92. The van der Waals surface area contributed by atoms with Crippen molar-refractivity contribution in [1.82, 2.24) is 0 Å². The number of hydrogen-bond acceptors (Lipinski definition) is 6. The molecule has 2 rings (SSSR count). The van der Waals surface area contributed by atoms with Crippen molar-refractivity contribution in [3.05, 3.63) is 23.3 Å². The van der Waals surface area contributed by atoms with Crippen LogP contribution in [0.15, 0.2) is 23.3 Å². The third-order valence-corrected chi connectivity index (χ3v) is 3.29. The molecule has 2 aliphatic rings. The monoisotopic (exact) mass is 372 g/mol. The minimum Gasteiger partial charge on any atom is -0.481 e. The summed E-state index contributed by atoms with van der Waals surface area (Å²) in [6.45, 7) is 1.27. The van der Waals surface area contributed by atoms with Gasteiger partial charge in [0.15, 0.2) is 0 Å². The summed E-state index contributed by atoms with van der Waals surface area (Å²) in [4.78, 5) is 41.5. The molecule has 2 atom stereocenters. The second kappa shape index (κ2) is 10.3. The molecule has 0 radical (unpaired) electrons. The molecule has 0 aromatic heterocycles. The van der Waals surface area contributed by atoms with Crippen molar-refractivity contribution in [2.75, 3.05) is 13.2 Å². The van der Waals surface area contributed by atoms with E-state index < -0.39 is 36.7 Å². The van der Waals surface area contributed by atoms with Gasteiger partial charge >= 0.3 is 23.9 Å². The van der Waals surface area contributed by atoms with E-state index >= 15 is 0 Å². The normalized spacial score (nSPS) is 21.2. The molecule has 4 N–H and O–H groups in total. The van der Waals surface area contributed by atoms with Crippen molar-refractivity contribution in [3.8, 4) is 0 Å². The first-order chi connectivity index (χ1) is 12.2. The Morgan fingerprint density at radius 1 is 0.731 bits per heavy atom. The number of carboxylic acid groups (broad SMARTS) is 4. The Bertz CT molecular complexity index is 557. The SMILES string of the molecule is O=C(O)CC(=CCC1CO1)C(=O)O.O=C(O)CC(=CCC1CO1)C(=O)O. The van der Waals surface area contributed by atoms with Gasteiger partial charge in [0, 0.05) is 11.1 Å². The largest absolute Gasteiger partial charge is 0.481 e. The zero-order valence-electron chi connectivity index (χ0n) is 13.8. The molecule has 0 aliphatic carbocycles. The fourth-order valence-corrected chi connectivity index (χ4v) is 1.75. The maximum atomic E-state index is 10.5. The molecule has 0 spiro atoms. The topological polar surface area (TPSA) is 174 Å². The number of ether oxygens (including phenoxy) is 2. The average Bonchev–Trinajstić information content (AvgIpc) is 3.42. The zero-order valence-corrected chi connectivity index (χ0v) is 13.8. The summed E-state index contributed by atoms with van der Waals surface area (Å²) in [5.74, 6) is -4.62. The van der Waals surface area contributed by atoms with Crippen LogP contribution in [0.4, 0.5) is 0 Å². The summed E-state index contributed by atoms with van der Waals surface area (Å²) in [7, 11) is 0. The third kappa shape index (κ3) is 10.2. The van der Waals surface area contributed by atoms with Crippen LogP contribution in [0.3, 0.4) is 0 Å². The molecule has 0 bridgehead atoms. The van der Waals surface area contributed by atoms with Gasteiger partial charge in [0.2, 0.25) is 0 Å². The first-order valence-corrected chi connectivity index (χ1v) is 7.70. The van der Waals surface area contributed by atoms with E-state index in [0.717, 1.165) is 0 Å². The molecule has 2 aliphatic heterocycles. The van der Waals surface area contributed by atoms with Gasteiger partial charge in [-0.25, -0.2) is 9.59 Å². The van der Waals surface area contributed by atoms with Gasteiger partial charge in [-0.3, -0.25) is 9.59 Å². The van der Waals surface area contributed by atoms with E-state index in [4.69, 9.17) is 29.9 Å². The van der Waals surface area contributed by atoms with E-state index in [1.165, 1.54) is 12.2 Å². The fraction of sp³-hybridized carbons (Fsp3) is 0.500. The number of aliphatic carboxylic acids is 4. The maximum absolute atomic E-state index is 10.5. The van der Waals surface area contributed by atoms with Crippen LogP contribution in [0.2, 0.25) is 0 Å². The third-order valence-electron chi connectivity index (χ3n) is 3.29. The van der Waals surface area contributed by atoms with Gasteiger partial charge in [0.1, 0.15) is 0 Å². The van der Waals surface area contributed by atoms with Crippen molar-refractivity contribution >= 4 is 23.9 Å². The van der Waals surface area contributed by atoms with Crippen molar-refractivity contribution in [3.63, 3.8) is 0 Å². The maximum Gasteiger partial charge on any atom is 0.331 e. The summed E-state index contributed by atoms with van der Waals surface area (Å²) in [5, 5.41) is 33.9. The standard InChI is InChI=1S/2C8H10O5/c2*9-7(10)3-5(8(11)12)1-2-6-4-13-6/h2*1,6H,2-4H2,(H,9,10)(H,11,12). The van der Waals surface area contributed by atoms with Gasteiger partial charge < -0.3 is 29.9 Å². The second-order valence-corrected chi connectivity index (χ2v) is 5.59. The molecule has 26 heavy (non-hydrogen) atoms. The second-order valence-electron chi connectivity index (χ2n) is 5.59. The average molecular weight is 372 g/mol. The molecule has 0 saturated carbocycles. The van der Waals surface area contributed by atoms with Crippen molar-refractivity contribution < 1.29 is 49.1 Å². The van der Waals surface area contributed by atoms with E-state index in [9.17, 15) is 19.2 Å². The highest BCUT2D eigenvalue weighted by Crippen LogP contribution is 2.16. The lowest BCUT2D eigenvalue weighted by molar-refractivity contribution is -0.139. The Labute approximate surface area is 148 Å². The number of epoxide rings is 2. The number of carboxylic acids is 4. The van der Waals surface area contributed by atoms with Crippen LogP contribution < -0.4 is 0 Å². The molecule has 144 valence electrons. The summed E-state index contributed by atoms with van der Waals surface area (Å²) < 4.78 is 9.72. The van der Waals surface area contributed by atoms with Crippen molar-refractivity contribution in [2.45, 2.75) is 37.9 Å². The molecule has 2 fully saturated rings. The molecule has 0 amide bonds. The van der Waals surface area contributed by atoms with Crippen LogP contribution in [0.25, 0.3) is 0 Å². The minimum atomic E-state index is -1.18. The Morgan fingerprint density at radius 3 is 1.23 bits per heavy atom. The quantitative estimate of drug-likeness (QED) is 0.312. The molecular weight excluding hydrogens is 352 g/mol. The molecule has 10 nitrogen and oxygen atoms in total. The van der Waals surface area contributed by atoms with Gasteiger partial charge in [-0.1, -0.05) is 12.2 Å². The Morgan fingerprint density at radius 2 is 1.04 bits per heavy atom. The van der Waals surface area contributed by atoms with Crippen LogP contribution >= 0.6 is 0 Å². The predicted molar refractivity (Wildman–Crippen MR) is 84.7 cm³/mol. The minimum absolute atomic E-state index is 0.0806. The van der Waals surface area contributed by atoms with E-state index in [0.29, 0.717) is 26.1 Å². The van der Waals surface area contributed by atoms with Crippen molar-refractivity contribution in [2.24, 2.45) is 0 Å². The highest BCUT2D eigenvalue weighted by Gasteiger charge is 2.22. The van der Waals surface area contributed by atoms with Crippen LogP contribution in [-0.2, 0) is 28.7 Å². The first-order valence-electron chi connectivity index (χ1n) is 7.70. The number of rotatable bonds is 10. The smallest absolute Gasteiger partial charge is 0.331 e. The van der Waals surface area contributed by atoms with E-state index in [1.54, 1.807) is 0 Å². The number of hydrogen-bond donors (Lipinski definition) is 4. The molecule has 0 aromatic carbocycles. The van der Waals surface area contributed by atoms with Gasteiger partial charge in [0.25, 0.3) is 0 Å². The lowest BCUT2D eigenvalue weighted by Gasteiger charge is -1.96. The van der Waals surface area contributed by atoms with Crippen LogP contribution in [-0.4, -0.2) is 69.7 Å². The number of carbonyl (C=O) groups is 4. The lowest BCUT2D eigenvalue weighted by Crippen LogP contribution is -2.07. The zero-order chi connectivity index (χ0) is 19.7. The summed E-state index contributed by atoms with van der Waals surface area (Å²) in [5.41, 5.74) is -0.161. The van der Waals surface area contributed by atoms with E-state index in [2.05, 4.69) is 0 Å². The molecule has 2 saturated heterocycles.